The molecule has 0 aliphatic carbocycles. The van der Waals surface area contributed by atoms with Crippen molar-refractivity contribution in [1.82, 2.24) is 5.32 Å². The molecule has 4 nitrogen and oxygen atoms in total. The lowest BCUT2D eigenvalue weighted by Gasteiger charge is -2.14. The fraction of sp³-hybridized carbons (Fsp3) is 0.200. The SMILES string of the molecule is C[C@@H](NC(=O)COC(=O)c1cccs1)c1ccc(Br)cc1. The highest BCUT2D eigenvalue weighted by atomic mass is 79.9. The number of benzene rings is 1. The number of thiophene rings is 1. The molecule has 0 aliphatic heterocycles. The Kier molecular flexibility index (Phi) is 5.52. The maximum absolute atomic E-state index is 11.8. The molecule has 0 saturated carbocycles. The van der Waals surface area contributed by atoms with Crippen LogP contribution in [0.3, 0.4) is 0 Å². The van der Waals surface area contributed by atoms with E-state index in [1.165, 1.54) is 11.3 Å². The highest BCUT2D eigenvalue weighted by Gasteiger charge is 2.13. The van der Waals surface area contributed by atoms with Gasteiger partial charge in [-0.3, -0.25) is 4.79 Å². The first-order valence-corrected chi connectivity index (χ1v) is 7.99. The van der Waals surface area contributed by atoms with E-state index >= 15 is 0 Å². The highest BCUT2D eigenvalue weighted by molar-refractivity contribution is 9.10. The number of hydrogen-bond acceptors (Lipinski definition) is 4. The third-order valence-corrected chi connectivity index (χ3v) is 4.18. The van der Waals surface area contributed by atoms with Crippen molar-refractivity contribution < 1.29 is 14.3 Å². The van der Waals surface area contributed by atoms with Gasteiger partial charge in [-0.25, -0.2) is 4.79 Å². The summed E-state index contributed by atoms with van der Waals surface area (Å²) in [7, 11) is 0. The normalized spacial score (nSPS) is 11.7. The number of nitrogens with one attached hydrogen (secondary N) is 1. The summed E-state index contributed by atoms with van der Waals surface area (Å²) >= 11 is 4.65. The van der Waals surface area contributed by atoms with Gasteiger partial charge in [0.1, 0.15) is 4.88 Å². The second kappa shape index (κ2) is 7.38. The Morgan fingerprint density at radius 1 is 1.29 bits per heavy atom. The molecule has 2 aromatic rings. The van der Waals surface area contributed by atoms with Crippen LogP contribution < -0.4 is 5.32 Å². The highest BCUT2D eigenvalue weighted by Crippen LogP contribution is 2.16. The lowest BCUT2D eigenvalue weighted by molar-refractivity contribution is -0.124. The molecule has 0 radical (unpaired) electrons. The van der Waals surface area contributed by atoms with E-state index in [1.807, 2.05) is 31.2 Å². The molecular weight excluding hydrogens is 354 g/mol. The van der Waals surface area contributed by atoms with Crippen LogP contribution in [-0.2, 0) is 9.53 Å². The summed E-state index contributed by atoms with van der Waals surface area (Å²) in [6.45, 7) is 1.60. The molecule has 0 aliphatic rings. The van der Waals surface area contributed by atoms with Crippen molar-refractivity contribution >= 4 is 39.1 Å². The van der Waals surface area contributed by atoms with Gasteiger partial charge in [-0.2, -0.15) is 0 Å². The number of esters is 1. The van der Waals surface area contributed by atoms with E-state index in [2.05, 4.69) is 21.2 Å². The average Bonchev–Trinajstić information content (AvgIpc) is 2.99. The predicted molar refractivity (Wildman–Crippen MR) is 85.3 cm³/mol. The number of ether oxygens (including phenoxy) is 1. The summed E-state index contributed by atoms with van der Waals surface area (Å²) in [6, 6.07) is 10.9. The quantitative estimate of drug-likeness (QED) is 0.822. The molecule has 0 bridgehead atoms. The molecule has 110 valence electrons. The Labute approximate surface area is 135 Å². The van der Waals surface area contributed by atoms with Gasteiger partial charge in [-0.05, 0) is 36.1 Å². The van der Waals surface area contributed by atoms with Crippen molar-refractivity contribution in [2.45, 2.75) is 13.0 Å². The number of hydrogen-bond donors (Lipinski definition) is 1. The first-order chi connectivity index (χ1) is 10.1. The first kappa shape index (κ1) is 15.7. The van der Waals surface area contributed by atoms with Gasteiger partial charge < -0.3 is 10.1 Å². The summed E-state index contributed by atoms with van der Waals surface area (Å²) < 4.78 is 5.94. The van der Waals surface area contributed by atoms with Crippen LogP contribution in [0.4, 0.5) is 0 Å². The van der Waals surface area contributed by atoms with Crippen LogP contribution in [0.25, 0.3) is 0 Å². The molecule has 0 fully saturated rings. The molecule has 1 atom stereocenters. The molecule has 21 heavy (non-hydrogen) atoms. The average molecular weight is 368 g/mol. The lowest BCUT2D eigenvalue weighted by atomic mass is 10.1. The molecule has 1 amide bonds. The fourth-order valence-corrected chi connectivity index (χ4v) is 2.60. The van der Waals surface area contributed by atoms with Crippen LogP contribution in [-0.4, -0.2) is 18.5 Å². The van der Waals surface area contributed by atoms with Crippen molar-refractivity contribution in [2.24, 2.45) is 0 Å². The minimum absolute atomic E-state index is 0.147. The summed E-state index contributed by atoms with van der Waals surface area (Å²) in [5.74, 6) is -0.799. The predicted octanol–water partition coefficient (Wildman–Crippen LogP) is 3.54. The fourth-order valence-electron chi connectivity index (χ4n) is 1.71. The number of halogens is 1. The summed E-state index contributed by atoms with van der Waals surface area (Å²) in [6.07, 6.45) is 0. The molecule has 0 saturated heterocycles. The second-order valence-electron chi connectivity index (χ2n) is 4.39. The Morgan fingerprint density at radius 3 is 2.62 bits per heavy atom. The Hall–Kier alpha value is -1.66. The number of rotatable bonds is 5. The zero-order valence-corrected chi connectivity index (χ0v) is 13.7. The zero-order chi connectivity index (χ0) is 15.2. The largest absolute Gasteiger partial charge is 0.451 e. The van der Waals surface area contributed by atoms with Crippen LogP contribution in [0.5, 0.6) is 0 Å². The van der Waals surface area contributed by atoms with Crippen LogP contribution in [0.15, 0.2) is 46.3 Å². The van der Waals surface area contributed by atoms with Gasteiger partial charge in [0.15, 0.2) is 6.61 Å². The van der Waals surface area contributed by atoms with Gasteiger partial charge in [0.25, 0.3) is 5.91 Å². The van der Waals surface area contributed by atoms with Crippen LogP contribution >= 0.6 is 27.3 Å². The summed E-state index contributed by atoms with van der Waals surface area (Å²) in [4.78, 5) is 23.9. The molecule has 1 heterocycles. The Morgan fingerprint density at radius 2 is 2.00 bits per heavy atom. The molecule has 0 unspecified atom stereocenters. The molecule has 0 spiro atoms. The third kappa shape index (κ3) is 4.68. The van der Waals surface area contributed by atoms with Gasteiger partial charge >= 0.3 is 5.97 Å². The summed E-state index contributed by atoms with van der Waals surface area (Å²) in [5.41, 5.74) is 0.983. The molecule has 6 heteroatoms. The third-order valence-electron chi connectivity index (χ3n) is 2.80. The van der Waals surface area contributed by atoms with Crippen molar-refractivity contribution in [3.8, 4) is 0 Å². The maximum atomic E-state index is 11.8. The van der Waals surface area contributed by atoms with Crippen LogP contribution in [0.2, 0.25) is 0 Å². The Bertz CT molecular complexity index is 610. The molecule has 1 aromatic carbocycles. The van der Waals surface area contributed by atoms with E-state index < -0.39 is 5.97 Å². The minimum atomic E-state index is -0.476. The van der Waals surface area contributed by atoms with Gasteiger partial charge in [-0.1, -0.05) is 34.1 Å². The van der Waals surface area contributed by atoms with Crippen molar-refractivity contribution in [3.63, 3.8) is 0 Å². The van der Waals surface area contributed by atoms with Gasteiger partial charge in [0.2, 0.25) is 0 Å². The Balaban J connectivity index is 1.81. The van der Waals surface area contributed by atoms with Crippen LogP contribution in [0, 0.1) is 0 Å². The van der Waals surface area contributed by atoms with E-state index in [0.29, 0.717) is 4.88 Å². The van der Waals surface area contributed by atoms with Crippen molar-refractivity contribution in [2.75, 3.05) is 6.61 Å². The topological polar surface area (TPSA) is 55.4 Å². The van der Waals surface area contributed by atoms with E-state index in [-0.39, 0.29) is 18.6 Å². The van der Waals surface area contributed by atoms with E-state index in [1.54, 1.807) is 17.5 Å². The smallest absolute Gasteiger partial charge is 0.348 e. The molecule has 1 N–H and O–H groups in total. The number of amides is 1. The van der Waals surface area contributed by atoms with Gasteiger partial charge in [0.05, 0.1) is 6.04 Å². The first-order valence-electron chi connectivity index (χ1n) is 6.31. The van der Waals surface area contributed by atoms with Crippen LogP contribution in [0.1, 0.15) is 28.2 Å². The van der Waals surface area contributed by atoms with E-state index in [9.17, 15) is 9.59 Å². The molecule has 1 aromatic heterocycles. The van der Waals surface area contributed by atoms with Gasteiger partial charge in [-0.15, -0.1) is 11.3 Å². The van der Waals surface area contributed by atoms with E-state index in [4.69, 9.17) is 4.74 Å². The summed E-state index contributed by atoms with van der Waals surface area (Å²) in [5, 5.41) is 4.57. The van der Waals surface area contributed by atoms with Crippen molar-refractivity contribution in [3.05, 3.63) is 56.7 Å². The molecule has 2 rings (SSSR count). The zero-order valence-electron chi connectivity index (χ0n) is 11.3. The van der Waals surface area contributed by atoms with Crippen molar-refractivity contribution in [1.29, 1.82) is 0 Å². The van der Waals surface area contributed by atoms with Gasteiger partial charge in [0, 0.05) is 4.47 Å². The standard InChI is InChI=1S/C15H14BrNO3S/c1-10(11-4-6-12(16)7-5-11)17-14(18)9-20-15(19)13-3-2-8-21-13/h2-8,10H,9H2,1H3,(H,17,18)/t10-/m1/s1. The number of carbonyl (C=O) groups excluding carboxylic acids is 2. The lowest BCUT2D eigenvalue weighted by Crippen LogP contribution is -2.31. The maximum Gasteiger partial charge on any atom is 0.348 e. The second-order valence-corrected chi connectivity index (χ2v) is 6.26. The number of carbonyl (C=O) groups is 2. The minimum Gasteiger partial charge on any atom is -0.451 e. The monoisotopic (exact) mass is 367 g/mol. The molecular formula is C15H14BrNO3S. The van der Waals surface area contributed by atoms with E-state index in [0.717, 1.165) is 10.0 Å².